The molecular formula is C10H18N4O. The zero-order valence-electron chi connectivity index (χ0n) is 9.15. The molecule has 1 saturated heterocycles. The fraction of sp³-hybridized carbons (Fsp3) is 0.600. The number of carbonyl (C=O) groups excluding carboxylic acids is 1. The number of hydrazone groups is 1. The summed E-state index contributed by atoms with van der Waals surface area (Å²) >= 11 is 0. The van der Waals surface area contributed by atoms with Crippen molar-refractivity contribution in [1.82, 2.24) is 15.2 Å². The van der Waals surface area contributed by atoms with E-state index in [4.69, 9.17) is 0 Å². The minimum absolute atomic E-state index is 0.125. The van der Waals surface area contributed by atoms with E-state index in [1.807, 2.05) is 4.90 Å². The van der Waals surface area contributed by atoms with Gasteiger partial charge in [0, 0.05) is 39.4 Å². The predicted molar refractivity (Wildman–Crippen MR) is 60.8 cm³/mol. The molecular weight excluding hydrogens is 192 g/mol. The second-order valence-corrected chi connectivity index (χ2v) is 3.45. The highest BCUT2D eigenvalue weighted by atomic mass is 16.2. The summed E-state index contributed by atoms with van der Waals surface area (Å²) in [4.78, 5) is 13.6. The first-order valence-corrected chi connectivity index (χ1v) is 5.08. The third kappa shape index (κ3) is 4.12. The Balaban J connectivity index is 2.33. The van der Waals surface area contributed by atoms with Crippen LogP contribution in [0.25, 0.3) is 0 Å². The quantitative estimate of drug-likeness (QED) is 0.504. The number of piperazine rings is 1. The second kappa shape index (κ2) is 6.19. The third-order valence-corrected chi connectivity index (χ3v) is 2.20. The number of carbonyl (C=O) groups is 1. The minimum Gasteiger partial charge on any atom is -0.339 e. The Morgan fingerprint density at radius 3 is 2.87 bits per heavy atom. The maximum atomic E-state index is 11.7. The topological polar surface area (TPSA) is 47.9 Å². The predicted octanol–water partition coefficient (Wildman–Crippen LogP) is -0.478. The van der Waals surface area contributed by atoms with E-state index in [2.05, 4.69) is 17.0 Å². The Labute approximate surface area is 90.4 Å². The SMILES string of the molecule is C=C/C=N\N(C)CC(=O)N1CCNCC1. The molecule has 1 aliphatic heterocycles. The lowest BCUT2D eigenvalue weighted by Gasteiger charge is -2.28. The number of likely N-dealkylation sites (N-methyl/N-ethyl adjacent to an activating group) is 1. The zero-order chi connectivity index (χ0) is 11.1. The van der Waals surface area contributed by atoms with E-state index < -0.39 is 0 Å². The third-order valence-electron chi connectivity index (χ3n) is 2.20. The van der Waals surface area contributed by atoms with Crippen LogP contribution in [0.1, 0.15) is 0 Å². The molecule has 1 N–H and O–H groups in total. The van der Waals surface area contributed by atoms with Gasteiger partial charge in [0.15, 0.2) is 0 Å². The van der Waals surface area contributed by atoms with Crippen molar-refractivity contribution in [2.45, 2.75) is 0 Å². The summed E-state index contributed by atoms with van der Waals surface area (Å²) in [6.07, 6.45) is 3.16. The molecule has 5 nitrogen and oxygen atoms in total. The number of hydrogen-bond donors (Lipinski definition) is 1. The molecule has 1 fully saturated rings. The standard InChI is InChI=1S/C10H18N4O/c1-3-4-12-13(2)9-10(15)14-7-5-11-6-8-14/h3-4,11H,1,5-9H2,2H3/b12-4-. The van der Waals surface area contributed by atoms with E-state index >= 15 is 0 Å². The van der Waals surface area contributed by atoms with E-state index in [0.29, 0.717) is 6.54 Å². The Morgan fingerprint density at radius 1 is 1.60 bits per heavy atom. The highest BCUT2D eigenvalue weighted by Gasteiger charge is 2.16. The van der Waals surface area contributed by atoms with Crippen LogP contribution in [-0.4, -0.2) is 61.8 Å². The molecule has 0 saturated carbocycles. The zero-order valence-corrected chi connectivity index (χ0v) is 9.15. The summed E-state index contributed by atoms with van der Waals surface area (Å²) in [5.41, 5.74) is 0. The number of hydrogen-bond acceptors (Lipinski definition) is 4. The van der Waals surface area contributed by atoms with Crippen molar-refractivity contribution in [3.63, 3.8) is 0 Å². The van der Waals surface area contributed by atoms with Gasteiger partial charge in [-0.3, -0.25) is 9.80 Å². The summed E-state index contributed by atoms with van der Waals surface area (Å²) in [5, 5.41) is 8.83. The molecule has 0 aromatic heterocycles. The van der Waals surface area contributed by atoms with Crippen LogP contribution in [0, 0.1) is 0 Å². The lowest BCUT2D eigenvalue weighted by molar-refractivity contribution is -0.132. The molecule has 84 valence electrons. The number of amides is 1. The number of nitrogens with zero attached hydrogens (tertiary/aromatic N) is 3. The lowest BCUT2D eigenvalue weighted by atomic mass is 10.3. The van der Waals surface area contributed by atoms with Crippen LogP contribution in [0.2, 0.25) is 0 Å². The maximum Gasteiger partial charge on any atom is 0.243 e. The molecule has 0 unspecified atom stereocenters. The maximum absolute atomic E-state index is 11.7. The van der Waals surface area contributed by atoms with Crippen molar-refractivity contribution in [2.75, 3.05) is 39.8 Å². The molecule has 1 heterocycles. The van der Waals surface area contributed by atoms with Crippen molar-refractivity contribution < 1.29 is 4.79 Å². The molecule has 1 rings (SSSR count). The second-order valence-electron chi connectivity index (χ2n) is 3.45. The van der Waals surface area contributed by atoms with Gasteiger partial charge in [0.2, 0.25) is 5.91 Å². The van der Waals surface area contributed by atoms with E-state index in [1.165, 1.54) is 0 Å². The van der Waals surface area contributed by atoms with Crippen molar-refractivity contribution in [1.29, 1.82) is 0 Å². The highest BCUT2D eigenvalue weighted by Crippen LogP contribution is 1.95. The fourth-order valence-electron chi connectivity index (χ4n) is 1.41. The van der Waals surface area contributed by atoms with Crippen molar-refractivity contribution >= 4 is 12.1 Å². The van der Waals surface area contributed by atoms with Gasteiger partial charge in [0.25, 0.3) is 0 Å². The smallest absolute Gasteiger partial charge is 0.243 e. The van der Waals surface area contributed by atoms with Crippen molar-refractivity contribution in [3.05, 3.63) is 12.7 Å². The summed E-state index contributed by atoms with van der Waals surface area (Å²) in [7, 11) is 1.78. The largest absolute Gasteiger partial charge is 0.339 e. The number of rotatable bonds is 4. The molecule has 5 heteroatoms. The molecule has 15 heavy (non-hydrogen) atoms. The minimum atomic E-state index is 0.125. The van der Waals surface area contributed by atoms with E-state index in [9.17, 15) is 4.79 Å². The number of nitrogens with one attached hydrogen (secondary N) is 1. The van der Waals surface area contributed by atoms with Gasteiger partial charge < -0.3 is 10.2 Å². The molecule has 0 spiro atoms. The van der Waals surface area contributed by atoms with Crippen LogP contribution in [0.5, 0.6) is 0 Å². The molecule has 0 bridgehead atoms. The van der Waals surface area contributed by atoms with Crippen LogP contribution in [0.3, 0.4) is 0 Å². The van der Waals surface area contributed by atoms with Gasteiger partial charge in [-0.05, 0) is 6.08 Å². The van der Waals surface area contributed by atoms with Gasteiger partial charge in [0.05, 0.1) is 0 Å². The number of allylic oxidation sites excluding steroid dienone is 1. The van der Waals surface area contributed by atoms with Crippen LogP contribution in [0.15, 0.2) is 17.8 Å². The molecule has 0 aromatic carbocycles. The van der Waals surface area contributed by atoms with Gasteiger partial charge in [-0.2, -0.15) is 5.10 Å². The van der Waals surface area contributed by atoms with E-state index in [0.717, 1.165) is 26.2 Å². The summed E-state index contributed by atoms with van der Waals surface area (Å²) < 4.78 is 0. The Kier molecular flexibility index (Phi) is 4.83. The van der Waals surface area contributed by atoms with Gasteiger partial charge in [-0.15, -0.1) is 0 Å². The Morgan fingerprint density at radius 2 is 2.27 bits per heavy atom. The van der Waals surface area contributed by atoms with Crippen LogP contribution >= 0.6 is 0 Å². The first-order valence-electron chi connectivity index (χ1n) is 5.08. The van der Waals surface area contributed by atoms with Gasteiger partial charge in [0.1, 0.15) is 6.54 Å². The first kappa shape index (κ1) is 11.7. The lowest BCUT2D eigenvalue weighted by Crippen LogP contribution is -2.48. The molecule has 1 amide bonds. The van der Waals surface area contributed by atoms with E-state index in [1.54, 1.807) is 24.3 Å². The average molecular weight is 210 g/mol. The molecule has 0 radical (unpaired) electrons. The van der Waals surface area contributed by atoms with Crippen LogP contribution < -0.4 is 5.32 Å². The Bertz CT molecular complexity index is 246. The summed E-state index contributed by atoms with van der Waals surface area (Å²) in [6, 6.07) is 0. The molecule has 1 aliphatic rings. The average Bonchev–Trinajstić information content (AvgIpc) is 2.27. The Hall–Kier alpha value is -1.36. The monoisotopic (exact) mass is 210 g/mol. The highest BCUT2D eigenvalue weighted by molar-refractivity contribution is 5.78. The molecule has 0 atom stereocenters. The molecule has 0 aliphatic carbocycles. The fourth-order valence-corrected chi connectivity index (χ4v) is 1.41. The van der Waals surface area contributed by atoms with Gasteiger partial charge >= 0.3 is 0 Å². The molecule has 0 aromatic rings. The first-order chi connectivity index (χ1) is 7.24. The van der Waals surface area contributed by atoms with Crippen LogP contribution in [-0.2, 0) is 4.79 Å². The van der Waals surface area contributed by atoms with Crippen LogP contribution in [0.4, 0.5) is 0 Å². The van der Waals surface area contributed by atoms with Gasteiger partial charge in [-0.1, -0.05) is 6.58 Å². The normalized spacial score (nSPS) is 16.7. The van der Waals surface area contributed by atoms with Crippen molar-refractivity contribution in [3.8, 4) is 0 Å². The summed E-state index contributed by atoms with van der Waals surface area (Å²) in [5.74, 6) is 0.125. The summed E-state index contributed by atoms with van der Waals surface area (Å²) in [6.45, 7) is 7.19. The van der Waals surface area contributed by atoms with Gasteiger partial charge in [-0.25, -0.2) is 0 Å². The van der Waals surface area contributed by atoms with E-state index in [-0.39, 0.29) is 5.91 Å². The van der Waals surface area contributed by atoms with Crippen molar-refractivity contribution in [2.24, 2.45) is 5.10 Å².